The second kappa shape index (κ2) is 7.99. The van der Waals surface area contributed by atoms with Gasteiger partial charge in [-0.3, -0.25) is 19.0 Å². The standard InChI is InChI=1S/C20H18F3N7O2S/c1-4-30-8-11(9(2)28-30)10-7-13(20(21,22)23)26-19-14(10)15(16(33-19)17(24)31)27-18(32)12-5-6-25-29(12)3/h5-8H,4H2,1-3H3,(H2,24,31)(H,27,32). The molecule has 172 valence electrons. The predicted molar refractivity (Wildman–Crippen MR) is 116 cm³/mol. The molecule has 0 atom stereocenters. The second-order valence-corrected chi connectivity index (χ2v) is 8.18. The molecule has 33 heavy (non-hydrogen) atoms. The van der Waals surface area contributed by atoms with Gasteiger partial charge in [-0.1, -0.05) is 0 Å². The Morgan fingerprint density at radius 3 is 2.55 bits per heavy atom. The van der Waals surface area contributed by atoms with Gasteiger partial charge in [0, 0.05) is 36.9 Å². The number of fused-ring (bicyclic) bond motifs is 1. The van der Waals surface area contributed by atoms with Gasteiger partial charge in [-0.25, -0.2) is 4.98 Å². The number of thiophene rings is 1. The molecule has 0 aromatic carbocycles. The molecule has 9 nitrogen and oxygen atoms in total. The van der Waals surface area contributed by atoms with Crippen LogP contribution in [0.1, 0.15) is 38.5 Å². The van der Waals surface area contributed by atoms with Crippen molar-refractivity contribution in [1.29, 1.82) is 0 Å². The fourth-order valence-electron chi connectivity index (χ4n) is 3.47. The molecule has 0 saturated heterocycles. The van der Waals surface area contributed by atoms with Crippen LogP contribution in [0.15, 0.2) is 24.5 Å². The number of halogens is 3. The number of aryl methyl sites for hydroxylation is 3. The maximum atomic E-state index is 13.6. The second-order valence-electron chi connectivity index (χ2n) is 7.18. The molecule has 0 aliphatic carbocycles. The Labute approximate surface area is 189 Å². The van der Waals surface area contributed by atoms with Gasteiger partial charge in [-0.05, 0) is 31.5 Å². The van der Waals surface area contributed by atoms with Crippen LogP contribution in [0.3, 0.4) is 0 Å². The molecule has 4 aromatic heterocycles. The average molecular weight is 477 g/mol. The third-order valence-corrected chi connectivity index (χ3v) is 6.13. The average Bonchev–Trinajstić information content (AvgIpc) is 3.43. The molecule has 2 amide bonds. The fraction of sp³-hybridized carbons (Fsp3) is 0.250. The maximum absolute atomic E-state index is 13.6. The zero-order valence-electron chi connectivity index (χ0n) is 17.7. The number of carbonyl (C=O) groups excluding carboxylic acids is 2. The molecule has 4 rings (SSSR count). The minimum atomic E-state index is -4.73. The van der Waals surface area contributed by atoms with Gasteiger partial charge in [-0.2, -0.15) is 23.4 Å². The molecule has 0 spiro atoms. The Morgan fingerprint density at radius 2 is 2.00 bits per heavy atom. The van der Waals surface area contributed by atoms with E-state index >= 15 is 0 Å². The lowest BCUT2D eigenvalue weighted by molar-refractivity contribution is -0.140. The summed E-state index contributed by atoms with van der Waals surface area (Å²) in [5.41, 5.74) is 5.58. The van der Waals surface area contributed by atoms with Gasteiger partial charge in [0.05, 0.1) is 11.4 Å². The number of carbonyl (C=O) groups is 2. The van der Waals surface area contributed by atoms with Gasteiger partial charge in [0.2, 0.25) is 0 Å². The quantitative estimate of drug-likeness (QED) is 0.455. The lowest BCUT2D eigenvalue weighted by Gasteiger charge is -2.12. The number of rotatable bonds is 5. The van der Waals surface area contributed by atoms with Gasteiger partial charge in [0.25, 0.3) is 11.8 Å². The Kier molecular flexibility index (Phi) is 5.44. The molecule has 0 unspecified atom stereocenters. The molecule has 3 N–H and O–H groups in total. The summed E-state index contributed by atoms with van der Waals surface area (Å²) < 4.78 is 43.8. The van der Waals surface area contributed by atoms with Crippen molar-refractivity contribution >= 4 is 39.1 Å². The molecular weight excluding hydrogens is 459 g/mol. The van der Waals surface area contributed by atoms with Crippen LogP contribution < -0.4 is 11.1 Å². The molecule has 4 heterocycles. The maximum Gasteiger partial charge on any atom is 0.433 e. The molecule has 0 aliphatic rings. The topological polar surface area (TPSA) is 121 Å². The smallest absolute Gasteiger partial charge is 0.365 e. The van der Waals surface area contributed by atoms with Crippen molar-refractivity contribution in [3.63, 3.8) is 0 Å². The number of alkyl halides is 3. The van der Waals surface area contributed by atoms with Crippen LogP contribution in [0.25, 0.3) is 21.3 Å². The Morgan fingerprint density at radius 1 is 1.27 bits per heavy atom. The lowest BCUT2D eigenvalue weighted by atomic mass is 10.0. The van der Waals surface area contributed by atoms with Crippen molar-refractivity contribution in [3.05, 3.63) is 46.5 Å². The fourth-order valence-corrected chi connectivity index (χ4v) is 4.47. The highest BCUT2D eigenvalue weighted by Crippen LogP contribution is 2.44. The van der Waals surface area contributed by atoms with E-state index in [1.165, 1.54) is 16.9 Å². The number of amides is 2. The first-order chi connectivity index (χ1) is 15.5. The third kappa shape index (κ3) is 3.95. The first-order valence-corrected chi connectivity index (χ1v) is 10.5. The number of aromatic nitrogens is 5. The van der Waals surface area contributed by atoms with E-state index in [4.69, 9.17) is 5.73 Å². The number of nitrogens with zero attached hydrogens (tertiary/aromatic N) is 5. The summed E-state index contributed by atoms with van der Waals surface area (Å²) in [5, 5.41) is 11.1. The normalized spacial score (nSPS) is 11.8. The lowest BCUT2D eigenvalue weighted by Crippen LogP contribution is -2.19. The van der Waals surface area contributed by atoms with Gasteiger partial charge in [0.1, 0.15) is 21.1 Å². The summed E-state index contributed by atoms with van der Waals surface area (Å²) >= 11 is 0.683. The van der Waals surface area contributed by atoms with E-state index in [9.17, 15) is 22.8 Å². The van der Waals surface area contributed by atoms with Gasteiger partial charge in [0.15, 0.2) is 0 Å². The van der Waals surface area contributed by atoms with Crippen molar-refractivity contribution in [1.82, 2.24) is 24.5 Å². The van der Waals surface area contributed by atoms with Crippen LogP contribution in [0.5, 0.6) is 0 Å². The summed E-state index contributed by atoms with van der Waals surface area (Å²) in [4.78, 5) is 28.6. The molecule has 0 bridgehead atoms. The monoisotopic (exact) mass is 477 g/mol. The Hall–Kier alpha value is -3.74. The molecule has 0 aliphatic heterocycles. The van der Waals surface area contributed by atoms with Crippen molar-refractivity contribution in [3.8, 4) is 11.1 Å². The van der Waals surface area contributed by atoms with E-state index in [0.717, 1.165) is 6.07 Å². The summed E-state index contributed by atoms with van der Waals surface area (Å²) in [6.45, 7) is 4.01. The van der Waals surface area contributed by atoms with E-state index in [1.54, 1.807) is 24.9 Å². The van der Waals surface area contributed by atoms with Gasteiger partial charge >= 0.3 is 6.18 Å². The van der Waals surface area contributed by atoms with Crippen LogP contribution in [0.4, 0.5) is 18.9 Å². The zero-order chi connectivity index (χ0) is 24.1. The van der Waals surface area contributed by atoms with E-state index in [1.807, 2.05) is 6.92 Å². The molecule has 0 saturated carbocycles. The van der Waals surface area contributed by atoms with Crippen molar-refractivity contribution < 1.29 is 22.8 Å². The minimum absolute atomic E-state index is 0.00595. The highest BCUT2D eigenvalue weighted by molar-refractivity contribution is 7.21. The largest absolute Gasteiger partial charge is 0.433 e. The number of hydrogen-bond acceptors (Lipinski definition) is 6. The first-order valence-electron chi connectivity index (χ1n) is 9.69. The van der Waals surface area contributed by atoms with Gasteiger partial charge in [-0.15, -0.1) is 11.3 Å². The first kappa shape index (κ1) is 22.5. The van der Waals surface area contributed by atoms with Crippen LogP contribution in [0.2, 0.25) is 0 Å². The van der Waals surface area contributed by atoms with Crippen LogP contribution in [-0.2, 0) is 19.8 Å². The van der Waals surface area contributed by atoms with E-state index in [0.29, 0.717) is 29.1 Å². The summed E-state index contributed by atoms with van der Waals surface area (Å²) in [6.07, 6.45) is -1.70. The van der Waals surface area contributed by atoms with Crippen molar-refractivity contribution in [2.75, 3.05) is 5.32 Å². The van der Waals surface area contributed by atoms with Crippen LogP contribution in [0, 0.1) is 6.92 Å². The Balaban J connectivity index is 2.03. The summed E-state index contributed by atoms with van der Waals surface area (Å²) in [5.74, 6) is -1.51. The molecule has 4 aromatic rings. The molecule has 0 fully saturated rings. The number of nitrogens with one attached hydrogen (secondary N) is 1. The van der Waals surface area contributed by atoms with E-state index in [2.05, 4.69) is 20.5 Å². The van der Waals surface area contributed by atoms with Gasteiger partial charge < -0.3 is 11.1 Å². The number of primary amides is 1. The number of hydrogen-bond donors (Lipinski definition) is 2. The minimum Gasteiger partial charge on any atom is -0.365 e. The number of pyridine rings is 1. The Bertz CT molecular complexity index is 1400. The predicted octanol–water partition coefficient (Wildman–Crippen LogP) is 3.59. The summed E-state index contributed by atoms with van der Waals surface area (Å²) in [6, 6.07) is 2.35. The third-order valence-electron chi connectivity index (χ3n) is 5.03. The molecule has 13 heteroatoms. The highest BCUT2D eigenvalue weighted by atomic mass is 32.1. The zero-order valence-corrected chi connectivity index (χ0v) is 18.5. The number of anilines is 1. The SMILES string of the molecule is CCn1cc(-c2cc(C(F)(F)F)nc3sc(C(N)=O)c(NC(=O)c4ccnn4C)c23)c(C)n1. The number of nitrogens with two attached hydrogens (primary N) is 1. The highest BCUT2D eigenvalue weighted by Gasteiger charge is 2.35. The summed E-state index contributed by atoms with van der Waals surface area (Å²) in [7, 11) is 1.56. The van der Waals surface area contributed by atoms with E-state index < -0.39 is 23.7 Å². The van der Waals surface area contributed by atoms with Crippen LogP contribution >= 0.6 is 11.3 Å². The molecular formula is C20H18F3N7O2S. The molecule has 0 radical (unpaired) electrons. The van der Waals surface area contributed by atoms with Crippen LogP contribution in [-0.4, -0.2) is 36.4 Å². The van der Waals surface area contributed by atoms with Crippen molar-refractivity contribution in [2.45, 2.75) is 26.6 Å². The van der Waals surface area contributed by atoms with E-state index in [-0.39, 0.29) is 32.0 Å². The van der Waals surface area contributed by atoms with Crippen molar-refractivity contribution in [2.24, 2.45) is 12.8 Å².